The summed E-state index contributed by atoms with van der Waals surface area (Å²) in [5.41, 5.74) is -1.87. The summed E-state index contributed by atoms with van der Waals surface area (Å²) < 4.78 is 12.5. The minimum absolute atomic E-state index is 0.148. The molecule has 3 atom stereocenters. The molecule has 0 spiro atoms. The first-order valence-corrected chi connectivity index (χ1v) is 5.37. The van der Waals surface area contributed by atoms with Crippen LogP contribution in [0.3, 0.4) is 0 Å². The van der Waals surface area contributed by atoms with E-state index in [1.54, 1.807) is 0 Å². The first-order chi connectivity index (χ1) is 8.14. The van der Waals surface area contributed by atoms with Gasteiger partial charge in [0.15, 0.2) is 5.72 Å². The van der Waals surface area contributed by atoms with Crippen LogP contribution in [0, 0.1) is 0 Å². The van der Waals surface area contributed by atoms with Crippen LogP contribution in [0.25, 0.3) is 0 Å². The van der Waals surface area contributed by atoms with Gasteiger partial charge in [0.25, 0.3) is 5.56 Å². The van der Waals surface area contributed by atoms with Crippen molar-refractivity contribution in [2.45, 2.75) is 24.4 Å². The highest BCUT2D eigenvalue weighted by Crippen LogP contribution is 2.42. The SMILES string of the molecule is O=c1ccn(C23COC(C2)C(CO)O3)c(=O)[nH]1. The monoisotopic (exact) mass is 240 g/mol. The lowest BCUT2D eigenvalue weighted by atomic mass is 10.1. The number of aromatic amines is 1. The van der Waals surface area contributed by atoms with E-state index in [4.69, 9.17) is 14.6 Å². The summed E-state index contributed by atoms with van der Waals surface area (Å²) >= 11 is 0. The predicted octanol–water partition coefficient (Wildman–Crippen LogP) is -1.63. The van der Waals surface area contributed by atoms with E-state index in [1.807, 2.05) is 0 Å². The second kappa shape index (κ2) is 3.52. The summed E-state index contributed by atoms with van der Waals surface area (Å²) in [7, 11) is 0. The zero-order valence-corrected chi connectivity index (χ0v) is 8.96. The molecule has 3 unspecified atom stereocenters. The third-order valence-electron chi connectivity index (χ3n) is 3.27. The second-order valence-electron chi connectivity index (χ2n) is 4.32. The molecule has 3 heterocycles. The largest absolute Gasteiger partial charge is 0.394 e. The van der Waals surface area contributed by atoms with Crippen LogP contribution in [0.1, 0.15) is 6.42 Å². The summed E-state index contributed by atoms with van der Waals surface area (Å²) in [6.07, 6.45) is 1.29. The Morgan fingerprint density at radius 3 is 3.06 bits per heavy atom. The highest BCUT2D eigenvalue weighted by Gasteiger charge is 2.54. The highest BCUT2D eigenvalue weighted by atomic mass is 16.6. The number of aromatic nitrogens is 2. The summed E-state index contributed by atoms with van der Waals surface area (Å²) in [6.45, 7) is 0.102. The van der Waals surface area contributed by atoms with Crippen LogP contribution in [0.5, 0.6) is 0 Å². The van der Waals surface area contributed by atoms with Gasteiger partial charge in [-0.2, -0.15) is 0 Å². The Morgan fingerprint density at radius 2 is 2.41 bits per heavy atom. The molecule has 0 radical (unpaired) electrons. The molecule has 2 aliphatic rings. The number of nitrogens with zero attached hydrogens (tertiary/aromatic N) is 1. The van der Waals surface area contributed by atoms with E-state index >= 15 is 0 Å². The average Bonchev–Trinajstić information content (AvgIpc) is 2.86. The number of fused-ring (bicyclic) bond motifs is 2. The van der Waals surface area contributed by atoms with Gasteiger partial charge in [-0.05, 0) is 0 Å². The molecule has 17 heavy (non-hydrogen) atoms. The number of rotatable bonds is 2. The van der Waals surface area contributed by atoms with Crippen molar-refractivity contribution in [2.24, 2.45) is 0 Å². The van der Waals surface area contributed by atoms with Crippen molar-refractivity contribution in [3.05, 3.63) is 33.1 Å². The molecule has 0 saturated carbocycles. The molecule has 2 aliphatic heterocycles. The fraction of sp³-hybridized carbons (Fsp3) is 0.600. The van der Waals surface area contributed by atoms with Crippen LogP contribution in [0.2, 0.25) is 0 Å². The number of hydrogen-bond acceptors (Lipinski definition) is 5. The lowest BCUT2D eigenvalue weighted by Crippen LogP contribution is -2.47. The topological polar surface area (TPSA) is 93.5 Å². The van der Waals surface area contributed by atoms with Gasteiger partial charge in [-0.1, -0.05) is 0 Å². The van der Waals surface area contributed by atoms with Crippen molar-refractivity contribution in [1.82, 2.24) is 9.55 Å². The summed E-state index contributed by atoms with van der Waals surface area (Å²) in [5.74, 6) is 0. The predicted molar refractivity (Wildman–Crippen MR) is 55.6 cm³/mol. The Bertz CT molecular complexity index is 550. The van der Waals surface area contributed by atoms with Gasteiger partial charge in [0, 0.05) is 18.7 Å². The fourth-order valence-electron chi connectivity index (χ4n) is 2.47. The third kappa shape index (κ3) is 1.47. The molecular formula is C10H12N2O5. The van der Waals surface area contributed by atoms with Crippen molar-refractivity contribution < 1.29 is 14.6 Å². The van der Waals surface area contributed by atoms with Gasteiger partial charge in [0.2, 0.25) is 0 Å². The van der Waals surface area contributed by atoms with E-state index in [0.717, 1.165) is 0 Å². The lowest BCUT2D eigenvalue weighted by Gasteiger charge is -2.30. The molecule has 2 N–H and O–H groups in total. The van der Waals surface area contributed by atoms with E-state index in [1.165, 1.54) is 16.8 Å². The number of aliphatic hydroxyl groups excluding tert-OH is 1. The van der Waals surface area contributed by atoms with Gasteiger partial charge in [-0.3, -0.25) is 14.3 Å². The molecular weight excluding hydrogens is 228 g/mol. The maximum atomic E-state index is 11.7. The molecule has 92 valence electrons. The van der Waals surface area contributed by atoms with Crippen LogP contribution in [0.15, 0.2) is 21.9 Å². The minimum Gasteiger partial charge on any atom is -0.394 e. The molecule has 0 aromatic carbocycles. The molecule has 7 nitrogen and oxygen atoms in total. The average molecular weight is 240 g/mol. The van der Waals surface area contributed by atoms with Crippen LogP contribution >= 0.6 is 0 Å². The number of hydrogen-bond donors (Lipinski definition) is 2. The molecule has 0 aliphatic carbocycles. The van der Waals surface area contributed by atoms with Crippen molar-refractivity contribution in [2.75, 3.05) is 13.2 Å². The highest BCUT2D eigenvalue weighted by molar-refractivity contribution is 5.00. The molecule has 2 bridgehead atoms. The molecule has 1 aromatic heterocycles. The maximum absolute atomic E-state index is 11.7. The Morgan fingerprint density at radius 1 is 1.59 bits per heavy atom. The van der Waals surface area contributed by atoms with Crippen molar-refractivity contribution >= 4 is 0 Å². The summed E-state index contributed by atoms with van der Waals surface area (Å²) in [6, 6.07) is 1.26. The fourth-order valence-corrected chi connectivity index (χ4v) is 2.47. The Kier molecular flexibility index (Phi) is 2.22. The maximum Gasteiger partial charge on any atom is 0.330 e. The summed E-state index contributed by atoms with van der Waals surface area (Å²) in [5, 5.41) is 9.11. The summed E-state index contributed by atoms with van der Waals surface area (Å²) in [4.78, 5) is 24.9. The van der Waals surface area contributed by atoms with E-state index in [-0.39, 0.29) is 19.3 Å². The van der Waals surface area contributed by atoms with Gasteiger partial charge in [0.05, 0.1) is 19.3 Å². The van der Waals surface area contributed by atoms with Crippen molar-refractivity contribution in [3.63, 3.8) is 0 Å². The van der Waals surface area contributed by atoms with E-state index in [0.29, 0.717) is 6.42 Å². The lowest BCUT2D eigenvalue weighted by molar-refractivity contribution is -0.189. The number of H-pyrrole nitrogens is 1. The van der Waals surface area contributed by atoms with E-state index in [2.05, 4.69) is 4.98 Å². The van der Waals surface area contributed by atoms with Gasteiger partial charge < -0.3 is 14.6 Å². The molecule has 2 fully saturated rings. The zero-order valence-electron chi connectivity index (χ0n) is 8.96. The number of ether oxygens (including phenoxy) is 2. The van der Waals surface area contributed by atoms with E-state index < -0.39 is 23.1 Å². The quantitative estimate of drug-likeness (QED) is 0.647. The Hall–Kier alpha value is -1.44. The first kappa shape index (κ1) is 10.7. The van der Waals surface area contributed by atoms with Crippen LogP contribution in [-0.2, 0) is 15.2 Å². The van der Waals surface area contributed by atoms with Gasteiger partial charge in [-0.15, -0.1) is 0 Å². The van der Waals surface area contributed by atoms with Crippen molar-refractivity contribution in [3.8, 4) is 0 Å². The molecule has 0 amide bonds. The van der Waals surface area contributed by atoms with E-state index in [9.17, 15) is 9.59 Å². The normalized spacial score (nSPS) is 35.4. The second-order valence-corrected chi connectivity index (χ2v) is 4.32. The number of aliphatic hydroxyl groups is 1. The van der Waals surface area contributed by atoms with Crippen molar-refractivity contribution in [1.29, 1.82) is 0 Å². The standard InChI is InChI=1S/C10H12N2O5/c13-4-7-6-3-10(17-7,5-16-6)12-2-1-8(14)11-9(12)15/h1-2,6-7,13H,3-5H2,(H,11,14,15). The van der Waals surface area contributed by atoms with Crippen LogP contribution in [-0.4, -0.2) is 40.1 Å². The van der Waals surface area contributed by atoms with Gasteiger partial charge in [0.1, 0.15) is 6.10 Å². The zero-order chi connectivity index (χ0) is 12.0. The molecule has 1 aromatic rings. The molecule has 7 heteroatoms. The number of nitrogens with one attached hydrogen (secondary N) is 1. The van der Waals surface area contributed by atoms with Gasteiger partial charge in [-0.25, -0.2) is 4.79 Å². The molecule has 3 rings (SSSR count). The van der Waals surface area contributed by atoms with Crippen LogP contribution in [0.4, 0.5) is 0 Å². The smallest absolute Gasteiger partial charge is 0.330 e. The van der Waals surface area contributed by atoms with Gasteiger partial charge >= 0.3 is 5.69 Å². The first-order valence-electron chi connectivity index (χ1n) is 5.37. The van der Waals surface area contributed by atoms with Crippen LogP contribution < -0.4 is 11.2 Å². The Balaban J connectivity index is 2.05. The third-order valence-corrected chi connectivity index (χ3v) is 3.27. The molecule has 2 saturated heterocycles. The minimum atomic E-state index is -0.890. The Labute approximate surface area is 95.6 Å².